The molecule has 4 fully saturated rings. The molecule has 1 aromatic heterocycles. The zero-order valence-corrected chi connectivity index (χ0v) is 19.2. The van der Waals surface area contributed by atoms with Crippen molar-refractivity contribution < 1.29 is 9.52 Å². The van der Waals surface area contributed by atoms with E-state index in [0.29, 0.717) is 42.0 Å². The lowest BCUT2D eigenvalue weighted by Gasteiger charge is -2.58. The number of aromatic nitrogens is 2. The second-order valence-electron chi connectivity index (χ2n) is 10.6. The third kappa shape index (κ3) is 4.16. The minimum absolute atomic E-state index is 0.162. The Morgan fingerprint density at radius 2 is 1.94 bits per heavy atom. The quantitative estimate of drug-likeness (QED) is 0.648. The number of amidine groups is 1. The van der Waals surface area contributed by atoms with Gasteiger partial charge < -0.3 is 20.2 Å². The topological polar surface area (TPSA) is 108 Å². The number of nitrogens with zero attached hydrogens (tertiary/aromatic N) is 4. The Morgan fingerprint density at radius 1 is 1.12 bits per heavy atom. The molecule has 7 rings (SSSR count). The van der Waals surface area contributed by atoms with Crippen LogP contribution in [-0.2, 0) is 6.42 Å². The maximum absolute atomic E-state index is 10.9. The SMILES string of the molecule is Cc1nnc(Cc2cccc(NC3N=CC(C)C(NC4C5CC6CC4CC(O)(C6)C5)=N3)c2)o1. The van der Waals surface area contributed by atoms with Crippen molar-refractivity contribution in [1.29, 1.82) is 0 Å². The molecule has 0 radical (unpaired) electrons. The Labute approximate surface area is 194 Å². The lowest BCUT2D eigenvalue weighted by Crippen LogP contribution is -2.62. The van der Waals surface area contributed by atoms with Gasteiger partial charge in [-0.05, 0) is 67.6 Å². The largest absolute Gasteiger partial charge is 0.425 e. The smallest absolute Gasteiger partial charge is 0.220 e. The first-order chi connectivity index (χ1) is 15.9. The van der Waals surface area contributed by atoms with E-state index >= 15 is 0 Å². The number of aryl methyl sites for hydroxylation is 1. The molecule has 1 aliphatic heterocycles. The Balaban J connectivity index is 1.14. The van der Waals surface area contributed by atoms with E-state index in [0.717, 1.165) is 36.3 Å². The Bertz CT molecular complexity index is 1080. The summed E-state index contributed by atoms with van der Waals surface area (Å²) < 4.78 is 5.51. The molecule has 8 heteroatoms. The van der Waals surface area contributed by atoms with Crippen LogP contribution < -0.4 is 10.6 Å². The number of benzene rings is 1. The van der Waals surface area contributed by atoms with Crippen molar-refractivity contribution in [1.82, 2.24) is 15.5 Å². The molecule has 5 aliphatic rings. The van der Waals surface area contributed by atoms with E-state index in [4.69, 9.17) is 9.41 Å². The van der Waals surface area contributed by atoms with Crippen molar-refractivity contribution in [2.45, 2.75) is 70.3 Å². The maximum Gasteiger partial charge on any atom is 0.220 e. The van der Waals surface area contributed by atoms with Gasteiger partial charge in [0.05, 0.1) is 12.0 Å². The van der Waals surface area contributed by atoms with Gasteiger partial charge in [-0.25, -0.2) is 9.98 Å². The van der Waals surface area contributed by atoms with Crippen LogP contribution in [0.15, 0.2) is 38.7 Å². The van der Waals surface area contributed by atoms with Crippen LogP contribution >= 0.6 is 0 Å². The van der Waals surface area contributed by atoms with Crippen molar-refractivity contribution in [3.05, 3.63) is 41.6 Å². The fourth-order valence-corrected chi connectivity index (χ4v) is 6.69. The predicted molar refractivity (Wildman–Crippen MR) is 126 cm³/mol. The van der Waals surface area contributed by atoms with Crippen molar-refractivity contribution in [3.8, 4) is 0 Å². The zero-order valence-electron chi connectivity index (χ0n) is 19.2. The lowest BCUT2D eigenvalue weighted by atomic mass is 9.52. The summed E-state index contributed by atoms with van der Waals surface area (Å²) in [5.74, 6) is 4.15. The summed E-state index contributed by atoms with van der Waals surface area (Å²) in [6, 6.07) is 8.58. The van der Waals surface area contributed by atoms with Crippen LogP contribution in [0, 0.1) is 30.6 Å². The monoisotopic (exact) mass is 448 g/mol. The molecule has 0 spiro atoms. The summed E-state index contributed by atoms with van der Waals surface area (Å²) in [5.41, 5.74) is 1.64. The van der Waals surface area contributed by atoms with E-state index < -0.39 is 5.60 Å². The summed E-state index contributed by atoms with van der Waals surface area (Å²) in [4.78, 5) is 9.56. The fraction of sp³-hybridized carbons (Fsp3) is 0.600. The van der Waals surface area contributed by atoms with Crippen LogP contribution in [0.25, 0.3) is 0 Å². The van der Waals surface area contributed by atoms with Crippen molar-refractivity contribution in [2.24, 2.45) is 33.7 Å². The van der Waals surface area contributed by atoms with Gasteiger partial charge in [0.1, 0.15) is 5.84 Å². The number of hydrogen-bond donors (Lipinski definition) is 3. The standard InChI is InChI=1S/C25H32N6O2/c1-14-13-26-24(27-20-5-3-4-16(8-20)9-21-31-30-15(2)33-21)29-23(14)28-22-18-6-17-7-19(22)12-25(32,10-17)11-18/h3-5,8,13-14,17-19,22,24,27,32H,6-7,9-12H2,1-2H3,(H,28,29). The van der Waals surface area contributed by atoms with Gasteiger partial charge in [0.25, 0.3) is 0 Å². The Morgan fingerprint density at radius 3 is 2.67 bits per heavy atom. The van der Waals surface area contributed by atoms with Crippen molar-refractivity contribution in [2.75, 3.05) is 5.32 Å². The van der Waals surface area contributed by atoms with Crippen LogP contribution in [-0.4, -0.2) is 45.3 Å². The Kier molecular flexibility index (Phi) is 5.01. The van der Waals surface area contributed by atoms with Crippen LogP contribution in [0.1, 0.15) is 56.4 Å². The van der Waals surface area contributed by atoms with E-state index in [1.54, 1.807) is 6.92 Å². The minimum Gasteiger partial charge on any atom is -0.425 e. The highest BCUT2D eigenvalue weighted by Crippen LogP contribution is 2.55. The summed E-state index contributed by atoms with van der Waals surface area (Å²) in [6.07, 6.45) is 7.57. The summed E-state index contributed by atoms with van der Waals surface area (Å²) >= 11 is 0. The first-order valence-corrected chi connectivity index (χ1v) is 12.2. The van der Waals surface area contributed by atoms with E-state index in [-0.39, 0.29) is 12.2 Å². The second kappa shape index (κ2) is 7.94. The molecule has 2 aromatic rings. The fourth-order valence-electron chi connectivity index (χ4n) is 6.69. The number of rotatable bonds is 5. The first-order valence-electron chi connectivity index (χ1n) is 12.2. The van der Waals surface area contributed by atoms with Gasteiger partial charge in [0, 0.05) is 30.8 Å². The van der Waals surface area contributed by atoms with Gasteiger partial charge in [-0.1, -0.05) is 19.1 Å². The molecule has 1 aromatic carbocycles. The van der Waals surface area contributed by atoms with E-state index in [2.05, 4.69) is 38.8 Å². The maximum atomic E-state index is 10.9. The number of hydrogen-bond acceptors (Lipinski definition) is 8. The molecule has 2 heterocycles. The average molecular weight is 449 g/mol. The molecule has 4 aliphatic carbocycles. The molecule has 4 unspecified atom stereocenters. The van der Waals surface area contributed by atoms with Crippen LogP contribution in [0.4, 0.5) is 5.69 Å². The molecule has 3 N–H and O–H groups in total. The van der Waals surface area contributed by atoms with Crippen LogP contribution in [0.3, 0.4) is 0 Å². The van der Waals surface area contributed by atoms with Crippen molar-refractivity contribution in [3.63, 3.8) is 0 Å². The number of aliphatic hydroxyl groups is 1. The molecule has 4 saturated carbocycles. The Hall–Kier alpha value is -2.74. The first kappa shape index (κ1) is 20.8. The third-order valence-corrected chi connectivity index (χ3v) is 7.84. The summed E-state index contributed by atoms with van der Waals surface area (Å²) in [7, 11) is 0. The van der Waals surface area contributed by atoms with E-state index in [9.17, 15) is 5.11 Å². The van der Waals surface area contributed by atoms with Crippen LogP contribution in [0.5, 0.6) is 0 Å². The summed E-state index contributed by atoms with van der Waals surface area (Å²) in [6.45, 7) is 3.94. The molecule has 174 valence electrons. The molecular formula is C25H32N6O2. The molecule has 0 saturated heterocycles. The number of nitrogens with one attached hydrogen (secondary N) is 2. The van der Waals surface area contributed by atoms with Gasteiger partial charge in [-0.3, -0.25) is 0 Å². The summed E-state index contributed by atoms with van der Waals surface area (Å²) in [5, 5.41) is 26.1. The van der Waals surface area contributed by atoms with Gasteiger partial charge in [0.2, 0.25) is 18.1 Å². The normalized spacial score (nSPS) is 36.6. The highest BCUT2D eigenvalue weighted by Gasteiger charge is 2.55. The van der Waals surface area contributed by atoms with Crippen molar-refractivity contribution >= 4 is 17.7 Å². The van der Waals surface area contributed by atoms with Gasteiger partial charge in [-0.2, -0.15) is 0 Å². The average Bonchev–Trinajstić information content (AvgIpc) is 3.16. The second-order valence-corrected chi connectivity index (χ2v) is 10.6. The highest BCUT2D eigenvalue weighted by molar-refractivity contribution is 5.98. The van der Waals surface area contributed by atoms with Gasteiger partial charge in [0.15, 0.2) is 0 Å². The molecular weight excluding hydrogens is 416 g/mol. The predicted octanol–water partition coefficient (Wildman–Crippen LogP) is 3.31. The zero-order chi connectivity index (χ0) is 22.6. The third-order valence-electron chi connectivity index (χ3n) is 7.84. The van der Waals surface area contributed by atoms with Crippen LogP contribution in [0.2, 0.25) is 0 Å². The van der Waals surface area contributed by atoms with E-state index in [1.807, 2.05) is 24.4 Å². The minimum atomic E-state index is -0.412. The molecule has 8 nitrogen and oxygen atoms in total. The van der Waals surface area contributed by atoms with Gasteiger partial charge in [-0.15, -0.1) is 10.2 Å². The van der Waals surface area contributed by atoms with E-state index in [1.165, 1.54) is 12.8 Å². The number of anilines is 1. The molecule has 4 bridgehead atoms. The molecule has 4 atom stereocenters. The molecule has 33 heavy (non-hydrogen) atoms. The van der Waals surface area contributed by atoms with Gasteiger partial charge >= 0.3 is 0 Å². The molecule has 0 amide bonds. The lowest BCUT2D eigenvalue weighted by molar-refractivity contribution is -0.136. The number of aliphatic imine (C=N–C) groups is 2. The highest BCUT2D eigenvalue weighted by atomic mass is 16.4.